The molecule has 21 heavy (non-hydrogen) atoms. The van der Waals surface area contributed by atoms with E-state index >= 15 is 0 Å². The minimum absolute atomic E-state index is 0.316. The van der Waals surface area contributed by atoms with Crippen molar-refractivity contribution in [3.8, 4) is 0 Å². The lowest BCUT2D eigenvalue weighted by molar-refractivity contribution is 0.461. The fraction of sp³-hybridized carbons (Fsp3) is 0.471. The van der Waals surface area contributed by atoms with Gasteiger partial charge < -0.3 is 0 Å². The van der Waals surface area contributed by atoms with E-state index in [-0.39, 0.29) is 0 Å². The molecule has 0 spiro atoms. The molecular weight excluding hydrogens is 348 g/mol. The zero-order valence-electron chi connectivity index (χ0n) is 12.0. The highest BCUT2D eigenvalue weighted by molar-refractivity contribution is 9.10. The predicted octanol–water partition coefficient (Wildman–Crippen LogP) is 5.33. The third kappa shape index (κ3) is 3.70. The fourth-order valence-electron chi connectivity index (χ4n) is 3.13. The Morgan fingerprint density at radius 3 is 2.81 bits per heavy atom. The predicted molar refractivity (Wildman–Crippen MR) is 91.0 cm³/mol. The van der Waals surface area contributed by atoms with Crippen LogP contribution in [0.15, 0.2) is 41.0 Å². The first-order valence-corrected chi connectivity index (χ1v) is 8.94. The Bertz CT molecular complexity index is 590. The Morgan fingerprint density at radius 2 is 2.10 bits per heavy atom. The van der Waals surface area contributed by atoms with Crippen molar-refractivity contribution < 1.29 is 0 Å². The van der Waals surface area contributed by atoms with Crippen LogP contribution in [0, 0.1) is 0 Å². The van der Waals surface area contributed by atoms with Gasteiger partial charge in [0.2, 0.25) is 0 Å². The van der Waals surface area contributed by atoms with E-state index in [2.05, 4.69) is 51.1 Å². The highest BCUT2D eigenvalue weighted by atomic mass is 79.9. The first-order valence-electron chi connectivity index (χ1n) is 7.61. The van der Waals surface area contributed by atoms with Gasteiger partial charge in [0.1, 0.15) is 0 Å². The van der Waals surface area contributed by atoms with Crippen LogP contribution in [0.3, 0.4) is 0 Å². The van der Waals surface area contributed by atoms with Crippen LogP contribution in [0.5, 0.6) is 0 Å². The van der Waals surface area contributed by atoms with Crippen molar-refractivity contribution in [2.45, 2.75) is 44.1 Å². The van der Waals surface area contributed by atoms with Gasteiger partial charge in [-0.05, 0) is 43.0 Å². The van der Waals surface area contributed by atoms with Gasteiger partial charge in [0.05, 0.1) is 11.7 Å². The molecule has 1 aliphatic carbocycles. The molecule has 1 heterocycles. The van der Waals surface area contributed by atoms with E-state index in [1.54, 1.807) is 0 Å². The quantitative estimate of drug-likeness (QED) is 0.653. The first kappa shape index (κ1) is 15.1. The third-order valence-electron chi connectivity index (χ3n) is 4.32. The maximum atomic E-state index is 6.19. The van der Waals surface area contributed by atoms with Crippen LogP contribution in [0.1, 0.15) is 48.9 Å². The van der Waals surface area contributed by atoms with Crippen molar-refractivity contribution in [1.82, 2.24) is 9.78 Å². The minimum Gasteiger partial charge on any atom is -0.269 e. The molecule has 0 bridgehead atoms. The standard InChI is InChI=1S/C17H20BrClN2/c18-15-5-3-4-13(10-15)14(12-19)11-16-8-9-21(20-16)17-6-1-2-7-17/h3-5,8-10,14,17H,1-2,6-7,11-12H2. The Labute approximate surface area is 139 Å². The number of rotatable bonds is 5. The van der Waals surface area contributed by atoms with Gasteiger partial charge in [0.25, 0.3) is 0 Å². The maximum Gasteiger partial charge on any atom is 0.0631 e. The summed E-state index contributed by atoms with van der Waals surface area (Å²) < 4.78 is 3.26. The van der Waals surface area contributed by atoms with Gasteiger partial charge in [-0.3, -0.25) is 4.68 Å². The zero-order chi connectivity index (χ0) is 14.7. The molecule has 1 fully saturated rings. The first-order chi connectivity index (χ1) is 10.3. The lowest BCUT2D eigenvalue weighted by Gasteiger charge is -2.14. The number of benzene rings is 1. The number of nitrogens with zero attached hydrogens (tertiary/aromatic N) is 2. The summed E-state index contributed by atoms with van der Waals surface area (Å²) in [5.74, 6) is 0.934. The summed E-state index contributed by atoms with van der Waals surface area (Å²) in [5.41, 5.74) is 2.42. The Hall–Kier alpha value is -0.800. The van der Waals surface area contributed by atoms with Crippen molar-refractivity contribution in [3.05, 3.63) is 52.3 Å². The monoisotopic (exact) mass is 366 g/mol. The molecule has 0 saturated heterocycles. The summed E-state index contributed by atoms with van der Waals surface area (Å²) in [4.78, 5) is 0. The average molecular weight is 368 g/mol. The third-order valence-corrected chi connectivity index (χ3v) is 5.19. The average Bonchev–Trinajstić information content (AvgIpc) is 3.15. The number of alkyl halides is 1. The molecule has 112 valence electrons. The molecule has 3 rings (SSSR count). The molecule has 0 aliphatic heterocycles. The summed E-state index contributed by atoms with van der Waals surface area (Å²) in [6.07, 6.45) is 8.25. The molecule has 4 heteroatoms. The van der Waals surface area contributed by atoms with E-state index in [4.69, 9.17) is 16.7 Å². The van der Waals surface area contributed by atoms with Crippen LogP contribution in [-0.2, 0) is 6.42 Å². The van der Waals surface area contributed by atoms with Crippen molar-refractivity contribution >= 4 is 27.5 Å². The Balaban J connectivity index is 1.72. The molecule has 0 radical (unpaired) electrons. The molecule has 0 N–H and O–H groups in total. The lowest BCUT2D eigenvalue weighted by Crippen LogP contribution is -2.08. The molecular formula is C17H20BrClN2. The van der Waals surface area contributed by atoms with Crippen molar-refractivity contribution in [2.24, 2.45) is 0 Å². The summed E-state index contributed by atoms with van der Waals surface area (Å²) in [6, 6.07) is 11.2. The molecule has 1 aromatic carbocycles. The second-order valence-corrected chi connectivity index (χ2v) is 7.06. The van der Waals surface area contributed by atoms with Crippen molar-refractivity contribution in [1.29, 1.82) is 0 Å². The van der Waals surface area contributed by atoms with Crippen LogP contribution in [0.4, 0.5) is 0 Å². The zero-order valence-corrected chi connectivity index (χ0v) is 14.4. The van der Waals surface area contributed by atoms with E-state index < -0.39 is 0 Å². The number of hydrogen-bond acceptors (Lipinski definition) is 1. The van der Waals surface area contributed by atoms with Gasteiger partial charge in [-0.15, -0.1) is 11.6 Å². The molecule has 2 nitrogen and oxygen atoms in total. The smallest absolute Gasteiger partial charge is 0.0631 e. The van der Waals surface area contributed by atoms with E-state index in [1.807, 2.05) is 6.07 Å². The van der Waals surface area contributed by atoms with Gasteiger partial charge in [-0.2, -0.15) is 5.10 Å². The topological polar surface area (TPSA) is 17.8 Å². The fourth-order valence-corrected chi connectivity index (χ4v) is 3.84. The molecule has 1 atom stereocenters. The molecule has 1 aliphatic rings. The summed E-state index contributed by atoms with van der Waals surface area (Å²) >= 11 is 9.72. The van der Waals surface area contributed by atoms with E-state index in [1.165, 1.54) is 31.2 Å². The Kier molecular flexibility index (Phi) is 5.02. The van der Waals surface area contributed by atoms with Gasteiger partial charge in [-0.25, -0.2) is 0 Å². The highest BCUT2D eigenvalue weighted by Gasteiger charge is 2.19. The largest absolute Gasteiger partial charge is 0.269 e. The SMILES string of the molecule is ClCC(Cc1ccn(C2CCCC2)n1)c1cccc(Br)c1. The van der Waals surface area contributed by atoms with Crippen LogP contribution in [0.2, 0.25) is 0 Å². The number of aromatic nitrogens is 2. The van der Waals surface area contributed by atoms with E-state index in [0.717, 1.165) is 16.6 Å². The molecule has 1 aromatic heterocycles. The minimum atomic E-state index is 0.316. The molecule has 2 aromatic rings. The Morgan fingerprint density at radius 1 is 1.29 bits per heavy atom. The number of hydrogen-bond donors (Lipinski definition) is 0. The van der Waals surface area contributed by atoms with Crippen LogP contribution in [-0.4, -0.2) is 15.7 Å². The van der Waals surface area contributed by atoms with E-state index in [9.17, 15) is 0 Å². The second-order valence-electron chi connectivity index (χ2n) is 5.84. The van der Waals surface area contributed by atoms with Crippen LogP contribution < -0.4 is 0 Å². The van der Waals surface area contributed by atoms with Gasteiger partial charge in [0, 0.05) is 22.5 Å². The van der Waals surface area contributed by atoms with E-state index in [0.29, 0.717) is 17.8 Å². The van der Waals surface area contributed by atoms with Gasteiger partial charge in [0.15, 0.2) is 0 Å². The van der Waals surface area contributed by atoms with Crippen LogP contribution in [0.25, 0.3) is 0 Å². The van der Waals surface area contributed by atoms with Crippen LogP contribution >= 0.6 is 27.5 Å². The van der Waals surface area contributed by atoms with Crippen molar-refractivity contribution in [2.75, 3.05) is 5.88 Å². The molecule has 0 amide bonds. The lowest BCUT2D eigenvalue weighted by atomic mass is 9.96. The molecule has 1 saturated carbocycles. The van der Waals surface area contributed by atoms with Gasteiger partial charge >= 0.3 is 0 Å². The highest BCUT2D eigenvalue weighted by Crippen LogP contribution is 2.29. The normalized spacial score (nSPS) is 17.2. The second kappa shape index (κ2) is 6.97. The van der Waals surface area contributed by atoms with Crippen molar-refractivity contribution in [3.63, 3.8) is 0 Å². The summed E-state index contributed by atoms with van der Waals surface area (Å²) in [6.45, 7) is 0. The number of halogens is 2. The summed E-state index contributed by atoms with van der Waals surface area (Å²) in [7, 11) is 0. The summed E-state index contributed by atoms with van der Waals surface area (Å²) in [5, 5.41) is 4.77. The maximum absolute atomic E-state index is 6.19. The van der Waals surface area contributed by atoms with Gasteiger partial charge in [-0.1, -0.05) is 40.9 Å². The molecule has 1 unspecified atom stereocenters.